The van der Waals surface area contributed by atoms with Gasteiger partial charge in [-0.05, 0) is 17.2 Å². The first kappa shape index (κ1) is 11.7. The van der Waals surface area contributed by atoms with Crippen molar-refractivity contribution < 1.29 is 24.6 Å². The Bertz CT molecular complexity index is 1310. The third-order valence-electron chi connectivity index (χ3n) is 4.41. The van der Waals surface area contributed by atoms with Gasteiger partial charge in [0.15, 0.2) is 5.96 Å². The minimum atomic E-state index is -3.28. The Morgan fingerprint density at radius 2 is 1.97 bits per heavy atom. The molecule has 0 radical (unpaired) electrons. The Balaban J connectivity index is 1.62. The van der Waals surface area contributed by atoms with Crippen molar-refractivity contribution in [3.05, 3.63) is 71.7 Å². The number of nitrogens with zero attached hydrogens (tertiary/aromatic N) is 3. The predicted octanol–water partition coefficient (Wildman–Crippen LogP) is 3.91. The lowest BCUT2D eigenvalue weighted by atomic mass is 9.95. The van der Waals surface area contributed by atoms with Crippen molar-refractivity contribution in [2.45, 2.75) is 12.8 Å². The van der Waals surface area contributed by atoms with Crippen LogP contribution in [0, 0.1) is 5.82 Å². The van der Waals surface area contributed by atoms with E-state index in [1.807, 2.05) is 18.2 Å². The molecule has 1 aliphatic rings. The lowest BCUT2D eigenvalue weighted by molar-refractivity contribution is 0.0675. The van der Waals surface area contributed by atoms with E-state index in [0.29, 0.717) is 16.8 Å². The molecule has 0 spiro atoms. The van der Waals surface area contributed by atoms with Gasteiger partial charge in [0, 0.05) is 30.5 Å². The molecule has 0 bridgehead atoms. The van der Waals surface area contributed by atoms with Crippen LogP contribution in [-0.2, 0) is 4.74 Å². The Hall–Kier alpha value is -3.19. The molecule has 2 aromatic carbocycles. The van der Waals surface area contributed by atoms with E-state index in [9.17, 15) is 4.39 Å². The highest BCUT2D eigenvalue weighted by atomic mass is 19.1. The molecule has 1 aromatic heterocycles. The number of aromatic nitrogens is 1. The van der Waals surface area contributed by atoms with Crippen LogP contribution in [0.5, 0.6) is 0 Å². The van der Waals surface area contributed by atoms with Crippen molar-refractivity contribution in [1.82, 2.24) is 10.1 Å². The van der Waals surface area contributed by atoms with Crippen molar-refractivity contribution in [1.29, 1.82) is 0 Å². The fraction of sp³-hybridized carbons (Fsp3) is 0.273. The van der Waals surface area contributed by atoms with E-state index in [1.54, 1.807) is 31.2 Å². The van der Waals surface area contributed by atoms with Gasteiger partial charge in [-0.2, -0.15) is 4.99 Å². The number of hydrogen-bond acceptors (Lipinski definition) is 4. The first-order chi connectivity index (χ1) is 17.1. The highest BCUT2D eigenvalue weighted by Gasteiger charge is 2.18. The van der Waals surface area contributed by atoms with Gasteiger partial charge in [0.1, 0.15) is 5.82 Å². The van der Waals surface area contributed by atoms with Gasteiger partial charge in [-0.3, -0.25) is 0 Å². The molecule has 1 saturated heterocycles. The van der Waals surface area contributed by atoms with E-state index >= 15 is 0 Å². The number of halogens is 1. The van der Waals surface area contributed by atoms with Crippen LogP contribution in [-0.4, -0.2) is 42.1 Å². The highest BCUT2D eigenvalue weighted by molar-refractivity contribution is 5.80. The molecule has 0 amide bonds. The normalized spacial score (nSPS) is 27.1. The minimum absolute atomic E-state index is 0.0345. The van der Waals surface area contributed by atoms with Crippen LogP contribution in [0.2, 0.25) is 0 Å². The number of benzene rings is 2. The first-order valence-electron chi connectivity index (χ1n) is 12.7. The molecular formula is C22H23FN4O2. The summed E-state index contributed by atoms with van der Waals surface area (Å²) in [6.07, 6.45) is 0. The number of morpholine rings is 1. The number of rotatable bonds is 4. The Kier molecular flexibility index (Phi) is 3.41. The number of nitrogens with two attached hydrogens (primary N) is 1. The summed E-state index contributed by atoms with van der Waals surface area (Å²) in [6, 6.07) is 15.1. The van der Waals surface area contributed by atoms with Crippen molar-refractivity contribution >= 4 is 11.8 Å². The molecule has 0 saturated carbocycles. The van der Waals surface area contributed by atoms with Gasteiger partial charge >= 0.3 is 0 Å². The number of aliphatic imine (C=N–C) groups is 1. The standard InChI is InChI=1S/C22H23FN4O2/c1-15(17-7-8-18(19(23)13-17)16-5-3-2-4-6-16)20-14-21(29-26-20)25-22(24)27-9-11-28-12-10-27/h2-8,13-15H,9-12H2,1H3,(H2,24,25)/t15-/m0/s1/i9D2,10D2,11D2,12D2. The topological polar surface area (TPSA) is 76.9 Å². The van der Waals surface area contributed by atoms with Crippen LogP contribution in [0.4, 0.5) is 10.3 Å². The summed E-state index contributed by atoms with van der Waals surface area (Å²) in [6.45, 7) is -11.3. The van der Waals surface area contributed by atoms with Crippen LogP contribution in [0.25, 0.3) is 11.1 Å². The van der Waals surface area contributed by atoms with Gasteiger partial charge in [-0.25, -0.2) is 4.39 Å². The summed E-state index contributed by atoms with van der Waals surface area (Å²) in [7, 11) is 0. The van der Waals surface area contributed by atoms with E-state index in [1.165, 1.54) is 12.1 Å². The molecule has 1 atom stereocenters. The zero-order valence-corrected chi connectivity index (χ0v) is 15.4. The maximum absolute atomic E-state index is 14.8. The second-order valence-corrected chi connectivity index (χ2v) is 6.25. The van der Waals surface area contributed by atoms with Crippen molar-refractivity contribution in [3.63, 3.8) is 0 Å². The van der Waals surface area contributed by atoms with Gasteiger partial charge in [0.25, 0.3) is 5.88 Å². The largest absolute Gasteiger partial charge is 0.378 e. The van der Waals surface area contributed by atoms with Crippen LogP contribution >= 0.6 is 0 Å². The van der Waals surface area contributed by atoms with Crippen LogP contribution in [0.1, 0.15) is 35.1 Å². The van der Waals surface area contributed by atoms with E-state index < -0.39 is 43.8 Å². The van der Waals surface area contributed by atoms with Gasteiger partial charge in [-0.15, -0.1) is 0 Å². The predicted molar refractivity (Wildman–Crippen MR) is 110 cm³/mol. The van der Waals surface area contributed by atoms with Crippen molar-refractivity contribution in [3.8, 4) is 11.1 Å². The quantitative estimate of drug-likeness (QED) is 0.529. The smallest absolute Gasteiger partial charge is 0.253 e. The molecule has 6 nitrogen and oxygen atoms in total. The van der Waals surface area contributed by atoms with Crippen LogP contribution in [0.3, 0.4) is 0 Å². The lowest BCUT2D eigenvalue weighted by Crippen LogP contribution is -2.44. The second-order valence-electron chi connectivity index (χ2n) is 6.25. The van der Waals surface area contributed by atoms with Crippen molar-refractivity contribution in [2.24, 2.45) is 10.7 Å². The second kappa shape index (κ2) is 8.45. The summed E-state index contributed by atoms with van der Waals surface area (Å²) >= 11 is 0. The first-order valence-corrected chi connectivity index (χ1v) is 8.75. The zero-order chi connectivity index (χ0) is 27.4. The molecule has 7 heteroatoms. The van der Waals surface area contributed by atoms with Gasteiger partial charge in [0.2, 0.25) is 0 Å². The minimum Gasteiger partial charge on any atom is -0.378 e. The molecule has 0 unspecified atom stereocenters. The average molecular weight is 402 g/mol. The van der Waals surface area contributed by atoms with Gasteiger partial charge < -0.3 is 19.9 Å². The molecule has 0 aliphatic carbocycles. The third kappa shape index (κ3) is 4.30. The average Bonchev–Trinajstić information content (AvgIpc) is 3.25. The van der Waals surface area contributed by atoms with E-state index in [4.69, 9.17) is 21.2 Å². The van der Waals surface area contributed by atoms with E-state index in [0.717, 1.165) is 5.56 Å². The number of ether oxygens (including phenoxy) is 1. The summed E-state index contributed by atoms with van der Waals surface area (Å²) in [5.41, 5.74) is 7.89. The Labute approximate surface area is 180 Å². The molecule has 150 valence electrons. The van der Waals surface area contributed by atoms with Gasteiger partial charge in [0.05, 0.1) is 29.8 Å². The molecule has 2 N–H and O–H groups in total. The van der Waals surface area contributed by atoms with E-state index in [2.05, 4.69) is 14.9 Å². The lowest BCUT2D eigenvalue weighted by Gasteiger charge is -2.27. The third-order valence-corrected chi connectivity index (χ3v) is 4.41. The summed E-state index contributed by atoms with van der Waals surface area (Å²) in [5, 5.41) is 3.89. The Morgan fingerprint density at radius 1 is 1.21 bits per heavy atom. The number of guanidine groups is 1. The SMILES string of the molecule is [2H]C1([2H])OC([2H])([2H])C([2H])([2H])N(C(N)=Nc2cc([C@@H](C)c3ccc(-c4ccccc4)c(F)c3)no2)C1([2H])[2H]. The molecule has 1 fully saturated rings. The van der Waals surface area contributed by atoms with Gasteiger partial charge in [-0.1, -0.05) is 54.5 Å². The molecular weight excluding hydrogens is 371 g/mol. The summed E-state index contributed by atoms with van der Waals surface area (Å²) in [4.78, 5) is 3.86. The highest BCUT2D eigenvalue weighted by Crippen LogP contribution is 2.30. The fourth-order valence-electron chi connectivity index (χ4n) is 2.83. The molecule has 3 aromatic rings. The monoisotopic (exact) mass is 402 g/mol. The van der Waals surface area contributed by atoms with E-state index in [-0.39, 0.29) is 10.8 Å². The maximum Gasteiger partial charge on any atom is 0.253 e. The molecule has 1 aliphatic heterocycles. The zero-order valence-electron chi connectivity index (χ0n) is 23.4. The van der Waals surface area contributed by atoms with Crippen LogP contribution < -0.4 is 5.73 Å². The molecule has 4 rings (SSSR count). The maximum atomic E-state index is 14.8. The molecule has 29 heavy (non-hydrogen) atoms. The summed E-state index contributed by atoms with van der Waals surface area (Å²) in [5.74, 6) is -2.07. The molecule has 2 heterocycles. The fourth-order valence-corrected chi connectivity index (χ4v) is 2.83. The van der Waals surface area contributed by atoms with Crippen molar-refractivity contribution in [2.75, 3.05) is 26.1 Å². The number of hydrogen-bond donors (Lipinski definition) is 1. The van der Waals surface area contributed by atoms with Crippen LogP contribution in [0.15, 0.2) is 64.1 Å². The summed E-state index contributed by atoms with van der Waals surface area (Å²) < 4.78 is 87.6. The Morgan fingerprint density at radius 3 is 2.69 bits per heavy atom.